The minimum Gasteiger partial charge on any atom is -0.478 e. The molecule has 0 aromatic carbocycles. The third-order valence-electron chi connectivity index (χ3n) is 3.55. The van der Waals surface area contributed by atoms with Crippen LogP contribution in [0.25, 0.3) is 0 Å². The van der Waals surface area contributed by atoms with E-state index in [1.54, 1.807) is 6.08 Å². The fourth-order valence-corrected chi connectivity index (χ4v) is 2.22. The summed E-state index contributed by atoms with van der Waals surface area (Å²) in [5.41, 5.74) is 0. The summed E-state index contributed by atoms with van der Waals surface area (Å²) >= 11 is 0. The van der Waals surface area contributed by atoms with Gasteiger partial charge in [-0.2, -0.15) is 0 Å². The van der Waals surface area contributed by atoms with Crippen LogP contribution >= 0.6 is 0 Å². The van der Waals surface area contributed by atoms with Gasteiger partial charge in [0.25, 0.3) is 0 Å². The van der Waals surface area contributed by atoms with Crippen molar-refractivity contribution < 1.29 is 9.90 Å². The fourth-order valence-electron chi connectivity index (χ4n) is 2.22. The standard InChI is InChI=1S/C20H34O2/c1-2-3-4-5-6-7-8-9-10-11-12-13-14-15-16-17-18-19-20(21)22/h6-7,13-14,18-19H,2-5,8-12,15-17H2,1H3,(H,21,22)/b7-6+,14-13+,19-18+. The third-order valence-corrected chi connectivity index (χ3v) is 3.55. The Morgan fingerprint density at radius 1 is 0.682 bits per heavy atom. The predicted molar refractivity (Wildman–Crippen MR) is 96.1 cm³/mol. The largest absolute Gasteiger partial charge is 0.478 e. The van der Waals surface area contributed by atoms with Crippen LogP contribution in [0.5, 0.6) is 0 Å². The number of allylic oxidation sites excluding steroid dienone is 5. The summed E-state index contributed by atoms with van der Waals surface area (Å²) in [5, 5.41) is 8.43. The van der Waals surface area contributed by atoms with Gasteiger partial charge in [-0.15, -0.1) is 0 Å². The van der Waals surface area contributed by atoms with E-state index in [9.17, 15) is 4.79 Å². The summed E-state index contributed by atoms with van der Waals surface area (Å²) in [6.07, 6.45) is 26.6. The Kier molecular flexibility index (Phi) is 16.7. The number of hydrogen-bond donors (Lipinski definition) is 1. The highest BCUT2D eigenvalue weighted by atomic mass is 16.4. The van der Waals surface area contributed by atoms with E-state index < -0.39 is 5.97 Å². The lowest BCUT2D eigenvalue weighted by Gasteiger charge is -1.96. The normalized spacial score (nSPS) is 12.0. The molecule has 0 saturated carbocycles. The van der Waals surface area contributed by atoms with Gasteiger partial charge in [-0.25, -0.2) is 4.79 Å². The predicted octanol–water partition coefficient (Wildman–Crippen LogP) is 6.44. The molecule has 2 heteroatoms. The van der Waals surface area contributed by atoms with Crippen molar-refractivity contribution in [2.45, 2.75) is 84.0 Å². The average Bonchev–Trinajstić information content (AvgIpc) is 2.50. The first-order valence-electron chi connectivity index (χ1n) is 8.96. The summed E-state index contributed by atoms with van der Waals surface area (Å²) in [7, 11) is 0. The fraction of sp³-hybridized carbons (Fsp3) is 0.650. The molecular formula is C20H34O2. The van der Waals surface area contributed by atoms with E-state index in [1.807, 2.05) is 0 Å². The Morgan fingerprint density at radius 3 is 1.64 bits per heavy atom. The van der Waals surface area contributed by atoms with Gasteiger partial charge in [-0.05, 0) is 57.8 Å². The summed E-state index contributed by atoms with van der Waals surface area (Å²) in [5.74, 6) is -0.855. The van der Waals surface area contributed by atoms with Crippen molar-refractivity contribution in [2.24, 2.45) is 0 Å². The Labute approximate surface area is 137 Å². The van der Waals surface area contributed by atoms with Crippen molar-refractivity contribution in [2.75, 3.05) is 0 Å². The molecule has 0 aliphatic carbocycles. The Morgan fingerprint density at radius 2 is 1.14 bits per heavy atom. The van der Waals surface area contributed by atoms with Gasteiger partial charge in [0.05, 0.1) is 0 Å². The highest BCUT2D eigenvalue weighted by Gasteiger charge is 1.88. The van der Waals surface area contributed by atoms with Crippen molar-refractivity contribution in [3.8, 4) is 0 Å². The molecule has 0 bridgehead atoms. The SMILES string of the molecule is CCCCC/C=C/CCCCC/C=C/CCC/C=C/C(=O)O. The molecule has 0 aromatic rings. The number of hydrogen-bond acceptors (Lipinski definition) is 1. The Hall–Kier alpha value is -1.31. The second kappa shape index (κ2) is 17.7. The molecule has 0 amide bonds. The van der Waals surface area contributed by atoms with Gasteiger partial charge in [-0.1, -0.05) is 56.6 Å². The van der Waals surface area contributed by atoms with Gasteiger partial charge < -0.3 is 5.11 Å². The monoisotopic (exact) mass is 306 g/mol. The van der Waals surface area contributed by atoms with Crippen LogP contribution in [0.4, 0.5) is 0 Å². The smallest absolute Gasteiger partial charge is 0.327 e. The van der Waals surface area contributed by atoms with E-state index in [0.29, 0.717) is 0 Å². The molecule has 0 aliphatic heterocycles. The number of unbranched alkanes of at least 4 members (excludes halogenated alkanes) is 9. The van der Waals surface area contributed by atoms with E-state index >= 15 is 0 Å². The maximum absolute atomic E-state index is 10.3. The molecular weight excluding hydrogens is 272 g/mol. The molecule has 0 fully saturated rings. The van der Waals surface area contributed by atoms with Crippen molar-refractivity contribution in [3.63, 3.8) is 0 Å². The molecule has 0 aliphatic rings. The summed E-state index contributed by atoms with van der Waals surface area (Å²) in [6.45, 7) is 2.24. The van der Waals surface area contributed by atoms with Crippen LogP contribution in [-0.2, 0) is 4.79 Å². The molecule has 1 N–H and O–H groups in total. The summed E-state index contributed by atoms with van der Waals surface area (Å²) < 4.78 is 0. The van der Waals surface area contributed by atoms with Gasteiger partial charge >= 0.3 is 5.97 Å². The van der Waals surface area contributed by atoms with Crippen LogP contribution in [-0.4, -0.2) is 11.1 Å². The van der Waals surface area contributed by atoms with Gasteiger partial charge in [0.2, 0.25) is 0 Å². The van der Waals surface area contributed by atoms with E-state index in [2.05, 4.69) is 31.2 Å². The van der Waals surface area contributed by atoms with Crippen molar-refractivity contribution in [3.05, 3.63) is 36.5 Å². The molecule has 126 valence electrons. The lowest BCUT2D eigenvalue weighted by Crippen LogP contribution is -1.85. The van der Waals surface area contributed by atoms with Gasteiger partial charge in [-0.3, -0.25) is 0 Å². The molecule has 0 unspecified atom stereocenters. The minimum atomic E-state index is -0.855. The zero-order valence-electron chi connectivity index (χ0n) is 14.3. The van der Waals surface area contributed by atoms with Crippen LogP contribution in [0.1, 0.15) is 84.0 Å². The second-order valence-electron chi connectivity index (χ2n) is 5.75. The van der Waals surface area contributed by atoms with Crippen LogP contribution in [0.15, 0.2) is 36.5 Å². The maximum Gasteiger partial charge on any atom is 0.327 e. The highest BCUT2D eigenvalue weighted by Crippen LogP contribution is 2.07. The zero-order chi connectivity index (χ0) is 16.3. The minimum absolute atomic E-state index is 0.848. The van der Waals surface area contributed by atoms with E-state index in [0.717, 1.165) is 19.3 Å². The van der Waals surface area contributed by atoms with E-state index in [1.165, 1.54) is 63.9 Å². The first kappa shape index (κ1) is 20.7. The van der Waals surface area contributed by atoms with Crippen LogP contribution in [0, 0.1) is 0 Å². The molecule has 0 rings (SSSR count). The lowest BCUT2D eigenvalue weighted by molar-refractivity contribution is -0.131. The maximum atomic E-state index is 10.3. The third kappa shape index (κ3) is 18.7. The Bertz CT molecular complexity index is 327. The molecule has 2 nitrogen and oxygen atoms in total. The molecule has 0 radical (unpaired) electrons. The Balaban J connectivity index is 3.22. The summed E-state index contributed by atoms with van der Waals surface area (Å²) in [4.78, 5) is 10.3. The number of carbonyl (C=O) groups is 1. The van der Waals surface area contributed by atoms with Gasteiger partial charge in [0, 0.05) is 6.08 Å². The number of rotatable bonds is 15. The zero-order valence-corrected chi connectivity index (χ0v) is 14.3. The van der Waals surface area contributed by atoms with Crippen molar-refractivity contribution in [1.29, 1.82) is 0 Å². The topological polar surface area (TPSA) is 37.3 Å². The molecule has 0 saturated heterocycles. The van der Waals surface area contributed by atoms with Crippen LogP contribution < -0.4 is 0 Å². The lowest BCUT2D eigenvalue weighted by atomic mass is 10.1. The number of carboxylic acid groups (broad SMARTS) is 1. The molecule has 0 aromatic heterocycles. The van der Waals surface area contributed by atoms with Crippen LogP contribution in [0.3, 0.4) is 0 Å². The second-order valence-corrected chi connectivity index (χ2v) is 5.75. The van der Waals surface area contributed by atoms with Crippen LogP contribution in [0.2, 0.25) is 0 Å². The molecule has 22 heavy (non-hydrogen) atoms. The molecule has 0 spiro atoms. The highest BCUT2D eigenvalue weighted by molar-refractivity contribution is 5.79. The van der Waals surface area contributed by atoms with E-state index in [4.69, 9.17) is 5.11 Å². The van der Waals surface area contributed by atoms with E-state index in [-0.39, 0.29) is 0 Å². The molecule has 0 atom stereocenters. The van der Waals surface area contributed by atoms with Gasteiger partial charge in [0.15, 0.2) is 0 Å². The summed E-state index contributed by atoms with van der Waals surface area (Å²) in [6, 6.07) is 0. The molecule has 0 heterocycles. The van der Waals surface area contributed by atoms with Crippen molar-refractivity contribution >= 4 is 5.97 Å². The number of aliphatic carboxylic acids is 1. The quantitative estimate of drug-likeness (QED) is 0.215. The number of carboxylic acids is 1. The van der Waals surface area contributed by atoms with Gasteiger partial charge in [0.1, 0.15) is 0 Å². The first-order chi connectivity index (χ1) is 10.8. The average molecular weight is 306 g/mol. The van der Waals surface area contributed by atoms with Crippen molar-refractivity contribution in [1.82, 2.24) is 0 Å². The first-order valence-corrected chi connectivity index (χ1v) is 8.96.